The number of ketones is 1. The van der Waals surface area contributed by atoms with Gasteiger partial charge in [-0.2, -0.15) is 4.31 Å². The molecule has 10 nitrogen and oxygen atoms in total. The van der Waals surface area contributed by atoms with E-state index in [-0.39, 0.29) is 17.9 Å². The van der Waals surface area contributed by atoms with Crippen molar-refractivity contribution in [2.75, 3.05) is 6.54 Å². The molecule has 0 bridgehead atoms. The lowest BCUT2D eigenvalue weighted by molar-refractivity contribution is -0.141. The summed E-state index contributed by atoms with van der Waals surface area (Å²) in [5, 5.41) is -0.150. The maximum Gasteiger partial charge on any atom is 0.261 e. The summed E-state index contributed by atoms with van der Waals surface area (Å²) in [5.41, 5.74) is 6.59. The highest BCUT2D eigenvalue weighted by Crippen LogP contribution is 2.25. The lowest BCUT2D eigenvalue weighted by atomic mass is 9.89. The SMILES string of the molecule is C[C@@H]1CC[C@H](C(=O)NO[CH]CC(C)(C)C(N)=O)C(=O)CN1S(=O)(=O)c1ccccn1. The molecule has 0 unspecified atom stereocenters. The fourth-order valence-electron chi connectivity index (χ4n) is 2.87. The summed E-state index contributed by atoms with van der Waals surface area (Å²) in [6, 6.07) is 4.02. The van der Waals surface area contributed by atoms with Crippen LogP contribution in [0.25, 0.3) is 0 Å². The molecule has 1 fully saturated rings. The maximum atomic E-state index is 12.9. The normalized spacial score (nSPS) is 21.1. The van der Waals surface area contributed by atoms with Gasteiger partial charge in [0.25, 0.3) is 15.9 Å². The Labute approximate surface area is 176 Å². The fraction of sp³-hybridized carbons (Fsp3) is 0.526. The van der Waals surface area contributed by atoms with Gasteiger partial charge in [0.2, 0.25) is 5.91 Å². The molecule has 11 heteroatoms. The minimum Gasteiger partial charge on any atom is -0.369 e. The van der Waals surface area contributed by atoms with Crippen LogP contribution in [0.15, 0.2) is 29.4 Å². The van der Waals surface area contributed by atoms with E-state index in [0.717, 1.165) is 4.31 Å². The van der Waals surface area contributed by atoms with Crippen molar-refractivity contribution < 1.29 is 27.6 Å². The van der Waals surface area contributed by atoms with Crippen LogP contribution in [-0.2, 0) is 29.2 Å². The first-order chi connectivity index (χ1) is 14.0. The molecule has 3 N–H and O–H groups in total. The van der Waals surface area contributed by atoms with E-state index < -0.39 is 51.5 Å². The van der Waals surface area contributed by atoms with Gasteiger partial charge < -0.3 is 5.73 Å². The number of hydrogen-bond donors (Lipinski definition) is 2. The summed E-state index contributed by atoms with van der Waals surface area (Å²) >= 11 is 0. The number of carbonyl (C=O) groups excluding carboxylic acids is 3. The van der Waals surface area contributed by atoms with E-state index in [9.17, 15) is 22.8 Å². The van der Waals surface area contributed by atoms with Crippen LogP contribution in [0, 0.1) is 17.9 Å². The average molecular weight is 440 g/mol. The van der Waals surface area contributed by atoms with Gasteiger partial charge in [0.15, 0.2) is 10.8 Å². The zero-order valence-electron chi connectivity index (χ0n) is 17.2. The molecule has 1 aliphatic rings. The Kier molecular flexibility index (Phi) is 7.67. The maximum absolute atomic E-state index is 12.9. The molecule has 0 aromatic carbocycles. The summed E-state index contributed by atoms with van der Waals surface area (Å²) in [7, 11) is -3.97. The van der Waals surface area contributed by atoms with Gasteiger partial charge >= 0.3 is 0 Å². The van der Waals surface area contributed by atoms with Crippen molar-refractivity contribution in [3.63, 3.8) is 0 Å². The number of hydroxylamine groups is 1. The van der Waals surface area contributed by atoms with E-state index in [4.69, 9.17) is 10.6 Å². The predicted molar refractivity (Wildman–Crippen MR) is 106 cm³/mol. The third kappa shape index (κ3) is 5.61. The van der Waals surface area contributed by atoms with Crippen LogP contribution < -0.4 is 11.2 Å². The van der Waals surface area contributed by atoms with Crippen molar-refractivity contribution in [3.8, 4) is 0 Å². The first-order valence-electron chi connectivity index (χ1n) is 9.49. The van der Waals surface area contributed by atoms with E-state index in [1.807, 2.05) is 0 Å². The van der Waals surface area contributed by atoms with Crippen LogP contribution in [0.3, 0.4) is 0 Å². The Bertz CT molecular complexity index is 888. The number of hydrogen-bond acceptors (Lipinski definition) is 7. The summed E-state index contributed by atoms with van der Waals surface area (Å²) in [6.07, 6.45) is 2.01. The number of carbonyl (C=O) groups is 3. The van der Waals surface area contributed by atoms with Crippen LogP contribution in [0.2, 0.25) is 0 Å². The van der Waals surface area contributed by atoms with Crippen LogP contribution in [0.1, 0.15) is 40.0 Å². The van der Waals surface area contributed by atoms with Gasteiger partial charge in [-0.15, -0.1) is 0 Å². The lowest BCUT2D eigenvalue weighted by Gasteiger charge is -2.24. The molecule has 1 aromatic rings. The summed E-state index contributed by atoms with van der Waals surface area (Å²) in [4.78, 5) is 45.2. The molecule has 0 saturated carbocycles. The first-order valence-corrected chi connectivity index (χ1v) is 10.9. The van der Waals surface area contributed by atoms with Crippen molar-refractivity contribution in [2.45, 2.75) is 51.1 Å². The van der Waals surface area contributed by atoms with Crippen molar-refractivity contribution >= 4 is 27.6 Å². The van der Waals surface area contributed by atoms with Crippen LogP contribution in [-0.4, -0.2) is 47.9 Å². The van der Waals surface area contributed by atoms with Gasteiger partial charge in [-0.05, 0) is 38.3 Å². The van der Waals surface area contributed by atoms with Crippen molar-refractivity contribution in [1.82, 2.24) is 14.8 Å². The second kappa shape index (κ2) is 9.63. The summed E-state index contributed by atoms with van der Waals surface area (Å²) < 4.78 is 26.8. The van der Waals surface area contributed by atoms with Gasteiger partial charge in [0, 0.05) is 17.7 Å². The number of primary amides is 1. The first kappa shape index (κ1) is 23.9. The number of nitrogens with one attached hydrogen (secondary N) is 1. The van der Waals surface area contributed by atoms with Crippen molar-refractivity contribution in [1.29, 1.82) is 0 Å². The quantitative estimate of drug-likeness (QED) is 0.341. The predicted octanol–water partition coefficient (Wildman–Crippen LogP) is 0.551. The summed E-state index contributed by atoms with van der Waals surface area (Å²) in [5.74, 6) is -2.76. The Morgan fingerprint density at radius 1 is 1.37 bits per heavy atom. The number of nitrogens with zero attached hydrogens (tertiary/aromatic N) is 2. The molecule has 2 heterocycles. The molecular weight excluding hydrogens is 412 g/mol. The van der Waals surface area contributed by atoms with Gasteiger partial charge in [0.05, 0.1) is 6.54 Å². The highest BCUT2D eigenvalue weighted by Gasteiger charge is 2.39. The monoisotopic (exact) mass is 439 g/mol. The zero-order chi connectivity index (χ0) is 22.5. The molecule has 1 aliphatic heterocycles. The number of sulfonamides is 1. The van der Waals surface area contributed by atoms with E-state index in [1.54, 1.807) is 32.9 Å². The van der Waals surface area contributed by atoms with Crippen LogP contribution in [0.5, 0.6) is 0 Å². The fourth-order valence-corrected chi connectivity index (χ4v) is 4.43. The van der Waals surface area contributed by atoms with Gasteiger partial charge in [-0.3, -0.25) is 19.2 Å². The Balaban J connectivity index is 2.00. The highest BCUT2D eigenvalue weighted by molar-refractivity contribution is 7.89. The minimum atomic E-state index is -3.97. The summed E-state index contributed by atoms with van der Waals surface area (Å²) in [6.45, 7) is 5.73. The smallest absolute Gasteiger partial charge is 0.261 e. The molecule has 2 amide bonds. The zero-order valence-corrected chi connectivity index (χ0v) is 18.0. The van der Waals surface area contributed by atoms with Crippen LogP contribution in [0.4, 0.5) is 0 Å². The highest BCUT2D eigenvalue weighted by atomic mass is 32.2. The van der Waals surface area contributed by atoms with Gasteiger partial charge in [0.1, 0.15) is 12.5 Å². The molecule has 2 atom stereocenters. The molecule has 0 aliphatic carbocycles. The largest absolute Gasteiger partial charge is 0.369 e. The molecule has 1 radical (unpaired) electrons. The minimum absolute atomic E-state index is 0.150. The molecule has 0 spiro atoms. The number of amides is 2. The van der Waals surface area contributed by atoms with E-state index in [2.05, 4.69) is 10.5 Å². The van der Waals surface area contributed by atoms with Crippen LogP contribution >= 0.6 is 0 Å². The van der Waals surface area contributed by atoms with Gasteiger partial charge in [-0.25, -0.2) is 18.9 Å². The Morgan fingerprint density at radius 3 is 2.67 bits per heavy atom. The Hall–Kier alpha value is -2.37. The van der Waals surface area contributed by atoms with Gasteiger partial charge in [-0.1, -0.05) is 19.9 Å². The number of pyridine rings is 1. The topological polar surface area (TPSA) is 149 Å². The number of nitrogens with two attached hydrogens (primary N) is 1. The van der Waals surface area contributed by atoms with E-state index in [0.29, 0.717) is 6.42 Å². The third-order valence-corrected chi connectivity index (χ3v) is 6.97. The standard InChI is InChI=1S/C19H27N4O6S/c1-13-7-8-14(17(25)22-29-11-9-19(2,3)18(20)26)15(24)12-23(13)30(27,28)16-6-4-5-10-21-16/h4-6,10-11,13-14H,7-9,12H2,1-3H3,(H2,20,26)(H,22,25)/t13-,14+/m1/s1. The lowest BCUT2D eigenvalue weighted by Crippen LogP contribution is -2.42. The molecule has 2 rings (SSSR count). The molecular formula is C19H27N4O6S. The van der Waals surface area contributed by atoms with E-state index >= 15 is 0 Å². The van der Waals surface area contributed by atoms with Crippen molar-refractivity contribution in [2.24, 2.45) is 17.1 Å². The average Bonchev–Trinajstić information content (AvgIpc) is 2.84. The molecule has 1 aromatic heterocycles. The van der Waals surface area contributed by atoms with Crippen molar-refractivity contribution in [3.05, 3.63) is 31.0 Å². The molecule has 30 heavy (non-hydrogen) atoms. The Morgan fingerprint density at radius 2 is 2.07 bits per heavy atom. The molecule has 165 valence electrons. The number of Topliss-reactive ketones (excluding diaryl/α,β-unsaturated/α-hetero) is 1. The second-order valence-electron chi connectivity index (χ2n) is 7.87. The van der Waals surface area contributed by atoms with E-state index in [1.165, 1.54) is 18.9 Å². The molecule has 1 saturated heterocycles. The second-order valence-corrected chi connectivity index (χ2v) is 9.70. The number of aromatic nitrogens is 1. The third-order valence-electron chi connectivity index (χ3n) is 5.10. The number of rotatable bonds is 8.